The second kappa shape index (κ2) is 5.69. The maximum Gasteiger partial charge on any atom is 0.270 e. The SMILES string of the molecule is CN(CCOCC1CC1)C(=O)c1cc(Br)c[nH]1. The van der Waals surface area contributed by atoms with E-state index in [1.807, 2.05) is 0 Å². The van der Waals surface area contributed by atoms with Crippen LogP contribution in [0, 0.1) is 5.92 Å². The van der Waals surface area contributed by atoms with E-state index < -0.39 is 0 Å². The molecule has 1 heterocycles. The van der Waals surface area contributed by atoms with Crippen molar-refractivity contribution in [3.63, 3.8) is 0 Å². The summed E-state index contributed by atoms with van der Waals surface area (Å²) in [4.78, 5) is 16.5. The van der Waals surface area contributed by atoms with Crippen molar-refractivity contribution in [2.45, 2.75) is 12.8 Å². The topological polar surface area (TPSA) is 45.3 Å². The van der Waals surface area contributed by atoms with Gasteiger partial charge >= 0.3 is 0 Å². The van der Waals surface area contributed by atoms with Crippen LogP contribution in [0.15, 0.2) is 16.7 Å². The minimum Gasteiger partial charge on any atom is -0.379 e. The number of hydrogen-bond donors (Lipinski definition) is 1. The van der Waals surface area contributed by atoms with Crippen LogP contribution in [0.25, 0.3) is 0 Å². The van der Waals surface area contributed by atoms with Crippen LogP contribution in [0.1, 0.15) is 23.3 Å². The average Bonchev–Trinajstić information content (AvgIpc) is 3.04. The van der Waals surface area contributed by atoms with E-state index in [-0.39, 0.29) is 5.91 Å². The number of carbonyl (C=O) groups excluding carboxylic acids is 1. The van der Waals surface area contributed by atoms with E-state index in [9.17, 15) is 4.79 Å². The van der Waals surface area contributed by atoms with E-state index in [0.29, 0.717) is 18.8 Å². The van der Waals surface area contributed by atoms with E-state index in [2.05, 4.69) is 20.9 Å². The summed E-state index contributed by atoms with van der Waals surface area (Å²) in [5.41, 5.74) is 0.599. The number of H-pyrrole nitrogens is 1. The minimum absolute atomic E-state index is 0.00859. The van der Waals surface area contributed by atoms with Gasteiger partial charge in [-0.05, 0) is 40.8 Å². The van der Waals surface area contributed by atoms with Crippen molar-refractivity contribution in [3.8, 4) is 0 Å². The normalized spacial score (nSPS) is 14.9. The lowest BCUT2D eigenvalue weighted by molar-refractivity contribution is 0.0676. The molecule has 0 spiro atoms. The number of nitrogens with zero attached hydrogens (tertiary/aromatic N) is 1. The van der Waals surface area contributed by atoms with Crippen molar-refractivity contribution >= 4 is 21.8 Å². The standard InChI is InChI=1S/C12H17BrN2O2/c1-15(4-5-17-8-9-2-3-9)12(16)11-6-10(13)7-14-11/h6-7,9,14H,2-5,8H2,1H3. The lowest BCUT2D eigenvalue weighted by atomic mass is 10.4. The van der Waals surface area contributed by atoms with Gasteiger partial charge in [-0.2, -0.15) is 0 Å². The van der Waals surface area contributed by atoms with E-state index in [0.717, 1.165) is 17.0 Å². The highest BCUT2D eigenvalue weighted by Crippen LogP contribution is 2.28. The third-order valence-electron chi connectivity index (χ3n) is 2.85. The fourth-order valence-electron chi connectivity index (χ4n) is 1.53. The van der Waals surface area contributed by atoms with Gasteiger partial charge < -0.3 is 14.6 Å². The number of likely N-dealkylation sites (N-methyl/N-ethyl adjacent to an activating group) is 1. The molecule has 1 aliphatic carbocycles. The van der Waals surface area contributed by atoms with Crippen molar-refractivity contribution < 1.29 is 9.53 Å². The molecule has 4 nitrogen and oxygen atoms in total. The van der Waals surface area contributed by atoms with Crippen LogP contribution in [0.2, 0.25) is 0 Å². The van der Waals surface area contributed by atoms with Gasteiger partial charge in [-0.15, -0.1) is 0 Å². The monoisotopic (exact) mass is 300 g/mol. The van der Waals surface area contributed by atoms with Crippen molar-refractivity contribution in [1.82, 2.24) is 9.88 Å². The van der Waals surface area contributed by atoms with Crippen LogP contribution in [-0.2, 0) is 4.74 Å². The zero-order valence-corrected chi connectivity index (χ0v) is 11.5. The molecule has 0 aromatic carbocycles. The number of amides is 1. The molecule has 0 radical (unpaired) electrons. The Labute approximate surface area is 109 Å². The Balaban J connectivity index is 1.70. The number of halogens is 1. The Morgan fingerprint density at radius 2 is 2.41 bits per heavy atom. The fourth-order valence-corrected chi connectivity index (χ4v) is 1.88. The summed E-state index contributed by atoms with van der Waals surface area (Å²) in [6.45, 7) is 2.08. The van der Waals surface area contributed by atoms with Crippen LogP contribution >= 0.6 is 15.9 Å². The second-order valence-electron chi connectivity index (χ2n) is 4.48. The molecule has 1 aromatic heterocycles. The van der Waals surface area contributed by atoms with Gasteiger partial charge in [0.2, 0.25) is 0 Å². The number of ether oxygens (including phenoxy) is 1. The number of aromatic amines is 1. The van der Waals surface area contributed by atoms with E-state index in [4.69, 9.17) is 4.74 Å². The van der Waals surface area contributed by atoms with Gasteiger partial charge in [0.05, 0.1) is 6.61 Å². The minimum atomic E-state index is -0.00859. The van der Waals surface area contributed by atoms with Crippen molar-refractivity contribution in [2.75, 3.05) is 26.8 Å². The van der Waals surface area contributed by atoms with Crippen molar-refractivity contribution in [2.24, 2.45) is 5.92 Å². The molecule has 94 valence electrons. The van der Waals surface area contributed by atoms with Gasteiger partial charge in [0.25, 0.3) is 5.91 Å². The summed E-state index contributed by atoms with van der Waals surface area (Å²) in [5, 5.41) is 0. The van der Waals surface area contributed by atoms with Gasteiger partial charge in [-0.1, -0.05) is 0 Å². The van der Waals surface area contributed by atoms with E-state index in [1.54, 1.807) is 24.2 Å². The van der Waals surface area contributed by atoms with Crippen LogP contribution < -0.4 is 0 Å². The Morgan fingerprint density at radius 1 is 1.65 bits per heavy atom. The molecule has 0 atom stereocenters. The Hall–Kier alpha value is -0.810. The molecule has 2 rings (SSSR count). The first-order valence-electron chi connectivity index (χ1n) is 5.84. The first-order valence-corrected chi connectivity index (χ1v) is 6.63. The lowest BCUT2D eigenvalue weighted by Gasteiger charge is -2.16. The van der Waals surface area contributed by atoms with Crippen LogP contribution in [0.3, 0.4) is 0 Å². The molecule has 1 aliphatic rings. The number of hydrogen-bond acceptors (Lipinski definition) is 2. The summed E-state index contributed by atoms with van der Waals surface area (Å²) in [7, 11) is 1.79. The molecule has 1 saturated carbocycles. The highest BCUT2D eigenvalue weighted by molar-refractivity contribution is 9.10. The maximum absolute atomic E-state index is 11.9. The van der Waals surface area contributed by atoms with Gasteiger partial charge in [0.1, 0.15) is 5.69 Å². The van der Waals surface area contributed by atoms with Crippen LogP contribution in [-0.4, -0.2) is 42.6 Å². The molecule has 1 fully saturated rings. The smallest absolute Gasteiger partial charge is 0.270 e. The molecule has 5 heteroatoms. The molecule has 0 saturated heterocycles. The average molecular weight is 301 g/mol. The third-order valence-corrected chi connectivity index (χ3v) is 3.30. The molecule has 0 aliphatic heterocycles. The summed E-state index contributed by atoms with van der Waals surface area (Å²) >= 11 is 3.31. The zero-order chi connectivity index (χ0) is 12.3. The zero-order valence-electron chi connectivity index (χ0n) is 9.91. The van der Waals surface area contributed by atoms with Gasteiger partial charge in [0, 0.05) is 30.9 Å². The lowest BCUT2D eigenvalue weighted by Crippen LogP contribution is -2.30. The molecule has 1 amide bonds. The first-order chi connectivity index (χ1) is 8.16. The van der Waals surface area contributed by atoms with E-state index in [1.165, 1.54) is 12.8 Å². The molecule has 1 N–H and O–H groups in total. The summed E-state index contributed by atoms with van der Waals surface area (Å²) in [5.74, 6) is 0.765. The Morgan fingerprint density at radius 3 is 3.00 bits per heavy atom. The summed E-state index contributed by atoms with van der Waals surface area (Å²) < 4.78 is 6.39. The predicted octanol–water partition coefficient (Wildman–Crippen LogP) is 2.28. The van der Waals surface area contributed by atoms with Crippen molar-refractivity contribution in [1.29, 1.82) is 0 Å². The van der Waals surface area contributed by atoms with E-state index >= 15 is 0 Å². The van der Waals surface area contributed by atoms with Gasteiger partial charge in [-0.3, -0.25) is 4.79 Å². The molecular weight excluding hydrogens is 284 g/mol. The highest BCUT2D eigenvalue weighted by atomic mass is 79.9. The maximum atomic E-state index is 11.9. The number of nitrogens with one attached hydrogen (secondary N) is 1. The molecule has 1 aromatic rings. The summed E-state index contributed by atoms with van der Waals surface area (Å²) in [6.07, 6.45) is 4.35. The van der Waals surface area contributed by atoms with Gasteiger partial charge in [0.15, 0.2) is 0 Å². The summed E-state index contributed by atoms with van der Waals surface area (Å²) in [6, 6.07) is 1.78. The molecule has 0 unspecified atom stereocenters. The third kappa shape index (κ3) is 3.85. The number of aromatic nitrogens is 1. The van der Waals surface area contributed by atoms with Gasteiger partial charge in [-0.25, -0.2) is 0 Å². The highest BCUT2D eigenvalue weighted by Gasteiger charge is 2.21. The Bertz CT molecular complexity index is 388. The Kier molecular flexibility index (Phi) is 4.23. The second-order valence-corrected chi connectivity index (χ2v) is 5.39. The van der Waals surface area contributed by atoms with Crippen LogP contribution in [0.5, 0.6) is 0 Å². The largest absolute Gasteiger partial charge is 0.379 e. The predicted molar refractivity (Wildman–Crippen MR) is 69.0 cm³/mol. The number of carbonyl (C=O) groups is 1. The quantitative estimate of drug-likeness (QED) is 0.819. The van der Waals surface area contributed by atoms with Crippen molar-refractivity contribution in [3.05, 3.63) is 22.4 Å². The number of rotatable bonds is 6. The molecular formula is C12H17BrN2O2. The van der Waals surface area contributed by atoms with Crippen LogP contribution in [0.4, 0.5) is 0 Å². The molecule has 17 heavy (non-hydrogen) atoms. The fraction of sp³-hybridized carbons (Fsp3) is 0.583. The molecule has 0 bridgehead atoms. The first kappa shape index (κ1) is 12.6.